The summed E-state index contributed by atoms with van der Waals surface area (Å²) >= 11 is 0. The third-order valence-electron chi connectivity index (χ3n) is 0.993. The monoisotopic (exact) mass is 170 g/mol. The van der Waals surface area contributed by atoms with Gasteiger partial charge in [-0.1, -0.05) is 41.3 Å². The van der Waals surface area contributed by atoms with Crippen molar-refractivity contribution in [3.63, 3.8) is 0 Å². The molecule has 1 unspecified atom stereocenters. The van der Waals surface area contributed by atoms with Crippen LogP contribution in [0.5, 0.6) is 5.75 Å². The molecule has 0 N–H and O–H groups in total. The maximum Gasteiger partial charge on any atom is 0.119 e. The van der Waals surface area contributed by atoms with Crippen LogP contribution in [0.3, 0.4) is 0 Å². The molecule has 0 radical (unpaired) electrons. The first kappa shape index (κ1) is 10.4. The summed E-state index contributed by atoms with van der Waals surface area (Å²) in [6.07, 6.45) is 0.657. The van der Waals surface area contributed by atoms with Crippen LogP contribution in [-0.4, -0.2) is 6.35 Å². The van der Waals surface area contributed by atoms with Crippen molar-refractivity contribution in [2.45, 2.75) is 13.8 Å². The highest BCUT2D eigenvalue weighted by Crippen LogP contribution is 2.08. The van der Waals surface area contributed by atoms with Crippen molar-refractivity contribution in [2.75, 3.05) is 6.35 Å². The summed E-state index contributed by atoms with van der Waals surface area (Å²) in [5.74, 6) is 0.924. The molecule has 0 aliphatic rings. The van der Waals surface area contributed by atoms with Crippen molar-refractivity contribution in [3.05, 3.63) is 30.3 Å². The van der Waals surface area contributed by atoms with Crippen molar-refractivity contribution >= 4 is 9.24 Å². The van der Waals surface area contributed by atoms with Crippen LogP contribution in [0.2, 0.25) is 0 Å². The molecule has 1 aromatic carbocycles. The molecule has 0 saturated heterocycles. The van der Waals surface area contributed by atoms with Gasteiger partial charge in [0.1, 0.15) is 12.1 Å². The lowest BCUT2D eigenvalue weighted by atomic mass is 10.3. The number of ether oxygens (including phenoxy) is 1. The van der Waals surface area contributed by atoms with Gasteiger partial charge in [0.15, 0.2) is 0 Å². The van der Waals surface area contributed by atoms with Gasteiger partial charge in [-0.2, -0.15) is 0 Å². The fourth-order valence-electron chi connectivity index (χ4n) is 0.613. The molecule has 2 heteroatoms. The Labute approximate surface area is 71.0 Å². The second-order valence-electron chi connectivity index (χ2n) is 1.62. The van der Waals surface area contributed by atoms with E-state index >= 15 is 0 Å². The molecule has 0 aliphatic heterocycles. The maximum absolute atomic E-state index is 5.17. The minimum Gasteiger partial charge on any atom is -0.490 e. The molecule has 1 aromatic rings. The molecule has 0 saturated carbocycles. The molecule has 62 valence electrons. The molecular formula is C9H15OP. The first-order valence-corrected chi connectivity index (χ1v) is 4.63. The lowest BCUT2D eigenvalue weighted by Gasteiger charge is -1.99. The molecule has 1 atom stereocenters. The van der Waals surface area contributed by atoms with Gasteiger partial charge in [-0.05, 0) is 12.1 Å². The normalized spacial score (nSPS) is 7.91. The summed E-state index contributed by atoms with van der Waals surface area (Å²) in [5, 5.41) is 0. The standard InChI is InChI=1S/C7H9OP.C2H6/c9-6-8-7-4-2-1-3-5-7;1-2/h1-5H,6,9H2;1-2H3. The van der Waals surface area contributed by atoms with E-state index in [1.165, 1.54) is 0 Å². The topological polar surface area (TPSA) is 9.23 Å². The molecule has 0 fully saturated rings. The van der Waals surface area contributed by atoms with Crippen molar-refractivity contribution < 1.29 is 4.74 Å². The number of rotatable bonds is 2. The highest BCUT2D eigenvalue weighted by molar-refractivity contribution is 7.16. The quantitative estimate of drug-likeness (QED) is 0.620. The molecule has 0 spiro atoms. The first-order valence-electron chi connectivity index (χ1n) is 3.81. The van der Waals surface area contributed by atoms with Gasteiger partial charge < -0.3 is 4.74 Å². The Balaban J connectivity index is 0.000000461. The van der Waals surface area contributed by atoms with E-state index in [1.54, 1.807) is 0 Å². The zero-order valence-corrected chi connectivity index (χ0v) is 8.23. The third-order valence-corrected chi connectivity index (χ3v) is 1.16. The van der Waals surface area contributed by atoms with Crippen LogP contribution in [0.1, 0.15) is 13.8 Å². The largest absolute Gasteiger partial charge is 0.490 e. The summed E-state index contributed by atoms with van der Waals surface area (Å²) in [5.41, 5.74) is 0. The summed E-state index contributed by atoms with van der Waals surface area (Å²) < 4.78 is 5.17. The van der Waals surface area contributed by atoms with Gasteiger partial charge in [0.05, 0.1) is 0 Å². The van der Waals surface area contributed by atoms with Gasteiger partial charge in [0.2, 0.25) is 0 Å². The zero-order valence-electron chi connectivity index (χ0n) is 7.08. The van der Waals surface area contributed by atoms with Crippen molar-refractivity contribution in [1.82, 2.24) is 0 Å². The average molecular weight is 170 g/mol. The van der Waals surface area contributed by atoms with E-state index in [-0.39, 0.29) is 0 Å². The van der Waals surface area contributed by atoms with E-state index < -0.39 is 0 Å². The minimum absolute atomic E-state index is 0.657. The fraction of sp³-hybridized carbons (Fsp3) is 0.333. The van der Waals surface area contributed by atoms with Crippen molar-refractivity contribution in [1.29, 1.82) is 0 Å². The number of hydrogen-bond donors (Lipinski definition) is 0. The van der Waals surface area contributed by atoms with Crippen LogP contribution in [0.4, 0.5) is 0 Å². The van der Waals surface area contributed by atoms with Crippen LogP contribution < -0.4 is 4.74 Å². The number of benzene rings is 1. The minimum atomic E-state index is 0.657. The number of para-hydroxylation sites is 1. The highest BCUT2D eigenvalue weighted by atomic mass is 31.0. The predicted octanol–water partition coefficient (Wildman–Crippen LogP) is 2.92. The number of hydrogen-bond acceptors (Lipinski definition) is 1. The highest BCUT2D eigenvalue weighted by Gasteiger charge is 1.83. The van der Waals surface area contributed by atoms with Gasteiger partial charge in [-0.25, -0.2) is 0 Å². The van der Waals surface area contributed by atoms with E-state index in [1.807, 2.05) is 44.2 Å². The summed E-state index contributed by atoms with van der Waals surface area (Å²) in [6, 6.07) is 9.75. The Morgan fingerprint density at radius 2 is 1.73 bits per heavy atom. The van der Waals surface area contributed by atoms with E-state index in [0.717, 1.165) is 5.75 Å². The van der Waals surface area contributed by atoms with E-state index in [4.69, 9.17) is 4.74 Å². The van der Waals surface area contributed by atoms with E-state index in [2.05, 4.69) is 9.24 Å². The second-order valence-corrected chi connectivity index (χ2v) is 1.96. The Bertz CT molecular complexity index is 162. The van der Waals surface area contributed by atoms with E-state index in [9.17, 15) is 0 Å². The Hall–Kier alpha value is -0.550. The average Bonchev–Trinajstić information content (AvgIpc) is 2.11. The van der Waals surface area contributed by atoms with Crippen LogP contribution >= 0.6 is 9.24 Å². The molecular weight excluding hydrogens is 155 g/mol. The van der Waals surface area contributed by atoms with Crippen LogP contribution in [0.15, 0.2) is 30.3 Å². The molecule has 1 nitrogen and oxygen atoms in total. The first-order chi connectivity index (χ1) is 5.43. The van der Waals surface area contributed by atoms with Crippen molar-refractivity contribution in [3.8, 4) is 5.75 Å². The molecule has 0 heterocycles. The summed E-state index contributed by atoms with van der Waals surface area (Å²) in [4.78, 5) is 0. The predicted molar refractivity (Wildman–Crippen MR) is 53.0 cm³/mol. The fourth-order valence-corrected chi connectivity index (χ4v) is 0.805. The zero-order chi connectivity index (χ0) is 8.53. The molecule has 1 rings (SSSR count). The third kappa shape index (κ3) is 4.80. The van der Waals surface area contributed by atoms with E-state index in [0.29, 0.717) is 6.35 Å². The van der Waals surface area contributed by atoms with Gasteiger partial charge in [-0.15, -0.1) is 0 Å². The van der Waals surface area contributed by atoms with Crippen LogP contribution in [0, 0.1) is 0 Å². The van der Waals surface area contributed by atoms with Gasteiger partial charge >= 0.3 is 0 Å². The Morgan fingerprint density at radius 1 is 1.18 bits per heavy atom. The lowest BCUT2D eigenvalue weighted by molar-refractivity contribution is 0.392. The van der Waals surface area contributed by atoms with Crippen LogP contribution in [-0.2, 0) is 0 Å². The molecule has 11 heavy (non-hydrogen) atoms. The summed E-state index contributed by atoms with van der Waals surface area (Å²) in [7, 11) is 2.51. The van der Waals surface area contributed by atoms with Crippen LogP contribution in [0.25, 0.3) is 0 Å². The molecule has 0 bridgehead atoms. The Kier molecular flexibility index (Phi) is 7.18. The van der Waals surface area contributed by atoms with Gasteiger partial charge in [0, 0.05) is 0 Å². The molecule has 0 aliphatic carbocycles. The molecule has 0 aromatic heterocycles. The lowest BCUT2D eigenvalue weighted by Crippen LogP contribution is -1.85. The summed E-state index contributed by atoms with van der Waals surface area (Å²) in [6.45, 7) is 4.00. The SMILES string of the molecule is CC.PCOc1ccccc1. The Morgan fingerprint density at radius 3 is 2.18 bits per heavy atom. The van der Waals surface area contributed by atoms with Gasteiger partial charge in [0.25, 0.3) is 0 Å². The van der Waals surface area contributed by atoms with Gasteiger partial charge in [-0.3, -0.25) is 0 Å². The second kappa shape index (κ2) is 7.56. The molecule has 0 amide bonds. The van der Waals surface area contributed by atoms with Crippen molar-refractivity contribution in [2.24, 2.45) is 0 Å². The maximum atomic E-state index is 5.17. The smallest absolute Gasteiger partial charge is 0.119 e.